The number of Topliss-reactive ketones (excluding diaryl/α,β-unsaturated/α-hetero) is 1. The Morgan fingerprint density at radius 1 is 1.29 bits per heavy atom. The summed E-state index contributed by atoms with van der Waals surface area (Å²) in [5, 5.41) is 11.7. The Bertz CT molecular complexity index is 475. The Kier molecular flexibility index (Phi) is 3.15. The molecule has 0 heterocycles. The smallest absolute Gasteiger partial charge is 0.291 e. The fourth-order valence-corrected chi connectivity index (χ4v) is 2.68. The number of nitro groups is 1. The van der Waals surface area contributed by atoms with Gasteiger partial charge in [-0.3, -0.25) is 14.9 Å². The van der Waals surface area contributed by atoms with E-state index >= 15 is 0 Å². The van der Waals surface area contributed by atoms with Crippen molar-refractivity contribution in [3.63, 3.8) is 0 Å². The summed E-state index contributed by atoms with van der Waals surface area (Å²) >= 11 is 6.00. The SMILES string of the molecule is O=C1CCCCC1(c1ccccc1Cl)[N+](=O)[O-]. The highest BCUT2D eigenvalue weighted by Crippen LogP contribution is 2.40. The van der Waals surface area contributed by atoms with Crippen molar-refractivity contribution in [2.45, 2.75) is 31.2 Å². The highest BCUT2D eigenvalue weighted by Gasteiger charge is 2.53. The molecule has 5 heteroatoms. The average molecular weight is 254 g/mol. The van der Waals surface area contributed by atoms with E-state index in [2.05, 4.69) is 0 Å². The van der Waals surface area contributed by atoms with Crippen LogP contribution in [0.1, 0.15) is 31.2 Å². The van der Waals surface area contributed by atoms with E-state index in [4.69, 9.17) is 11.6 Å². The molecule has 0 aromatic heterocycles. The van der Waals surface area contributed by atoms with Gasteiger partial charge < -0.3 is 0 Å². The molecule has 4 nitrogen and oxygen atoms in total. The molecule has 0 amide bonds. The molecule has 0 spiro atoms. The molecule has 0 bridgehead atoms. The van der Waals surface area contributed by atoms with E-state index in [1.54, 1.807) is 24.3 Å². The maximum atomic E-state index is 12.0. The van der Waals surface area contributed by atoms with Crippen molar-refractivity contribution in [3.05, 3.63) is 45.0 Å². The lowest BCUT2D eigenvalue weighted by molar-refractivity contribution is -0.563. The highest BCUT2D eigenvalue weighted by molar-refractivity contribution is 6.31. The summed E-state index contributed by atoms with van der Waals surface area (Å²) in [6.45, 7) is 0. The van der Waals surface area contributed by atoms with Crippen LogP contribution in [0.15, 0.2) is 24.3 Å². The predicted molar refractivity (Wildman–Crippen MR) is 63.6 cm³/mol. The van der Waals surface area contributed by atoms with Gasteiger partial charge in [-0.15, -0.1) is 0 Å². The topological polar surface area (TPSA) is 60.2 Å². The zero-order valence-electron chi connectivity index (χ0n) is 9.19. The van der Waals surface area contributed by atoms with Crippen molar-refractivity contribution in [1.29, 1.82) is 0 Å². The Morgan fingerprint density at radius 2 is 2.00 bits per heavy atom. The number of hydrogen-bond donors (Lipinski definition) is 0. The van der Waals surface area contributed by atoms with Gasteiger partial charge in [-0.25, -0.2) is 0 Å². The van der Waals surface area contributed by atoms with Crippen LogP contribution in [0.4, 0.5) is 0 Å². The second-order valence-corrected chi connectivity index (χ2v) is 4.63. The molecule has 1 saturated carbocycles. The van der Waals surface area contributed by atoms with E-state index in [0.29, 0.717) is 17.0 Å². The van der Waals surface area contributed by atoms with Crippen molar-refractivity contribution in [3.8, 4) is 0 Å². The third-order valence-electron chi connectivity index (χ3n) is 3.28. The first kappa shape index (κ1) is 12.0. The number of carbonyl (C=O) groups is 1. The summed E-state index contributed by atoms with van der Waals surface area (Å²) in [7, 11) is 0. The lowest BCUT2D eigenvalue weighted by Crippen LogP contribution is -2.45. The summed E-state index contributed by atoms with van der Waals surface area (Å²) in [5.41, 5.74) is -1.30. The largest absolute Gasteiger partial charge is 0.305 e. The molecule has 1 aromatic rings. The van der Waals surface area contributed by atoms with Gasteiger partial charge in [0.1, 0.15) is 0 Å². The molecule has 1 aromatic carbocycles. The number of hydrogen-bond acceptors (Lipinski definition) is 3. The second-order valence-electron chi connectivity index (χ2n) is 4.23. The molecule has 0 N–H and O–H groups in total. The van der Waals surface area contributed by atoms with Crippen LogP contribution < -0.4 is 0 Å². The van der Waals surface area contributed by atoms with Crippen molar-refractivity contribution in [2.24, 2.45) is 0 Å². The molecule has 1 aliphatic rings. The molecular weight excluding hydrogens is 242 g/mol. The van der Waals surface area contributed by atoms with Gasteiger partial charge in [0.25, 0.3) is 0 Å². The maximum Gasteiger partial charge on any atom is 0.305 e. The van der Waals surface area contributed by atoms with Crippen LogP contribution >= 0.6 is 11.6 Å². The van der Waals surface area contributed by atoms with Crippen LogP contribution in [0.25, 0.3) is 0 Å². The van der Waals surface area contributed by atoms with Crippen LogP contribution in [-0.4, -0.2) is 10.7 Å². The van der Waals surface area contributed by atoms with E-state index in [0.717, 1.165) is 6.42 Å². The Morgan fingerprint density at radius 3 is 2.59 bits per heavy atom. The molecule has 90 valence electrons. The van der Waals surface area contributed by atoms with Gasteiger partial charge in [-0.1, -0.05) is 23.7 Å². The van der Waals surface area contributed by atoms with Gasteiger partial charge >= 0.3 is 5.54 Å². The van der Waals surface area contributed by atoms with Crippen LogP contribution in [0.2, 0.25) is 5.02 Å². The van der Waals surface area contributed by atoms with Crippen LogP contribution in [0, 0.1) is 10.1 Å². The third-order valence-corrected chi connectivity index (χ3v) is 3.61. The zero-order valence-corrected chi connectivity index (χ0v) is 9.94. The second kappa shape index (κ2) is 4.45. The minimum Gasteiger partial charge on any atom is -0.291 e. The van der Waals surface area contributed by atoms with Crippen molar-refractivity contribution >= 4 is 17.4 Å². The summed E-state index contributed by atoms with van der Waals surface area (Å²) in [4.78, 5) is 22.9. The molecule has 0 saturated heterocycles. The summed E-state index contributed by atoms with van der Waals surface area (Å²) < 4.78 is 0. The van der Waals surface area contributed by atoms with E-state index in [9.17, 15) is 14.9 Å². The Balaban J connectivity index is 2.59. The molecule has 0 radical (unpaired) electrons. The van der Waals surface area contributed by atoms with E-state index in [-0.39, 0.29) is 18.6 Å². The van der Waals surface area contributed by atoms with Gasteiger partial charge in [0.05, 0.1) is 10.6 Å². The first-order valence-electron chi connectivity index (χ1n) is 5.52. The molecule has 1 fully saturated rings. The molecular formula is C12H12ClNO3. The van der Waals surface area contributed by atoms with Gasteiger partial charge in [0, 0.05) is 17.8 Å². The summed E-state index contributed by atoms with van der Waals surface area (Å²) in [6.07, 6.45) is 1.89. The fraction of sp³-hybridized carbons (Fsp3) is 0.417. The maximum absolute atomic E-state index is 12.0. The average Bonchev–Trinajstić information content (AvgIpc) is 2.30. The van der Waals surface area contributed by atoms with E-state index < -0.39 is 10.5 Å². The summed E-state index contributed by atoms with van der Waals surface area (Å²) in [6, 6.07) is 6.54. The van der Waals surface area contributed by atoms with Gasteiger partial charge in [0.15, 0.2) is 0 Å². The summed E-state index contributed by atoms with van der Waals surface area (Å²) in [5.74, 6) is -0.332. The van der Waals surface area contributed by atoms with Gasteiger partial charge in [0.2, 0.25) is 5.78 Å². The standard InChI is InChI=1S/C12H12ClNO3/c13-10-6-2-1-5-9(10)12(14(16)17)8-4-3-7-11(12)15/h1-2,5-6H,3-4,7-8H2. The fourth-order valence-electron chi connectivity index (χ4n) is 2.39. The normalized spacial score (nSPS) is 24.6. The molecule has 1 aliphatic carbocycles. The predicted octanol–water partition coefficient (Wildman–Crippen LogP) is 2.96. The zero-order chi connectivity index (χ0) is 12.5. The van der Waals surface area contributed by atoms with Crippen molar-refractivity contribution in [2.75, 3.05) is 0 Å². The first-order chi connectivity index (χ1) is 8.09. The van der Waals surface area contributed by atoms with Gasteiger partial charge in [-0.2, -0.15) is 0 Å². The number of nitrogens with zero attached hydrogens (tertiary/aromatic N) is 1. The Labute approximate surface area is 104 Å². The molecule has 0 aliphatic heterocycles. The molecule has 1 atom stereocenters. The van der Waals surface area contributed by atoms with E-state index in [1.165, 1.54) is 0 Å². The highest BCUT2D eigenvalue weighted by atomic mass is 35.5. The molecule has 2 rings (SSSR count). The van der Waals surface area contributed by atoms with Gasteiger partial charge in [-0.05, 0) is 25.0 Å². The van der Waals surface area contributed by atoms with Crippen LogP contribution in [0.3, 0.4) is 0 Å². The van der Waals surface area contributed by atoms with Crippen molar-refractivity contribution in [1.82, 2.24) is 0 Å². The van der Waals surface area contributed by atoms with Crippen LogP contribution in [-0.2, 0) is 10.3 Å². The lowest BCUT2D eigenvalue weighted by atomic mass is 9.76. The lowest BCUT2D eigenvalue weighted by Gasteiger charge is -2.28. The quantitative estimate of drug-likeness (QED) is 0.601. The van der Waals surface area contributed by atoms with Crippen LogP contribution in [0.5, 0.6) is 0 Å². The number of ketones is 1. The molecule has 17 heavy (non-hydrogen) atoms. The minimum atomic E-state index is -1.63. The number of rotatable bonds is 2. The monoisotopic (exact) mass is 253 g/mol. The Hall–Kier alpha value is -1.42. The first-order valence-corrected chi connectivity index (χ1v) is 5.89. The minimum absolute atomic E-state index is 0.239. The molecule has 1 unspecified atom stereocenters. The van der Waals surface area contributed by atoms with E-state index in [1.807, 2.05) is 0 Å². The number of carbonyl (C=O) groups excluding carboxylic acids is 1. The third kappa shape index (κ3) is 1.82. The number of benzene rings is 1. The van der Waals surface area contributed by atoms with Crippen molar-refractivity contribution < 1.29 is 9.72 Å². The number of halogens is 1.